The molecule has 1 aliphatic carbocycles. The maximum atomic E-state index is 5.71. The molecule has 1 aromatic rings. The summed E-state index contributed by atoms with van der Waals surface area (Å²) in [6.07, 6.45) is 7.35. The van der Waals surface area contributed by atoms with Crippen molar-refractivity contribution in [1.82, 2.24) is 5.32 Å². The van der Waals surface area contributed by atoms with Crippen LogP contribution < -0.4 is 5.32 Å². The van der Waals surface area contributed by atoms with Gasteiger partial charge >= 0.3 is 0 Å². The van der Waals surface area contributed by atoms with Crippen LogP contribution in [0.5, 0.6) is 0 Å². The minimum absolute atomic E-state index is 0.349. The van der Waals surface area contributed by atoms with E-state index in [1.807, 2.05) is 0 Å². The Kier molecular flexibility index (Phi) is 6.30. The molecule has 0 aromatic heterocycles. The zero-order valence-corrected chi connectivity index (χ0v) is 14.7. The van der Waals surface area contributed by atoms with E-state index in [0.29, 0.717) is 12.1 Å². The highest BCUT2D eigenvalue weighted by Crippen LogP contribution is 2.24. The van der Waals surface area contributed by atoms with Gasteiger partial charge in [0, 0.05) is 23.7 Å². The van der Waals surface area contributed by atoms with E-state index < -0.39 is 0 Å². The van der Waals surface area contributed by atoms with Crippen LogP contribution >= 0.6 is 15.9 Å². The molecule has 0 bridgehead atoms. The standard InChI is InChI=1S/C18H26BrNO2/c19-16-6-4-15-12-17(7-5-14(15)11-16)20-8-2-9-21-13-18-3-1-10-22-18/h4,6,11,17-18,20H,1-3,5,7-10,12-13H2. The fourth-order valence-electron chi connectivity index (χ4n) is 3.37. The molecule has 0 amide bonds. The van der Waals surface area contributed by atoms with Gasteiger partial charge in [-0.2, -0.15) is 0 Å². The molecule has 1 aromatic carbocycles. The van der Waals surface area contributed by atoms with Gasteiger partial charge in [-0.25, -0.2) is 0 Å². The third-order valence-electron chi connectivity index (χ3n) is 4.62. The van der Waals surface area contributed by atoms with E-state index in [2.05, 4.69) is 39.4 Å². The minimum Gasteiger partial charge on any atom is -0.379 e. The highest BCUT2D eigenvalue weighted by atomic mass is 79.9. The lowest BCUT2D eigenvalue weighted by Crippen LogP contribution is -2.35. The molecule has 122 valence electrons. The minimum atomic E-state index is 0.349. The van der Waals surface area contributed by atoms with Crippen LogP contribution in [0.1, 0.15) is 36.8 Å². The molecule has 0 spiro atoms. The van der Waals surface area contributed by atoms with E-state index in [9.17, 15) is 0 Å². The Labute approximate surface area is 141 Å². The molecular weight excluding hydrogens is 342 g/mol. The molecule has 0 saturated carbocycles. The van der Waals surface area contributed by atoms with Crippen molar-refractivity contribution in [2.24, 2.45) is 0 Å². The molecule has 3 rings (SSSR count). The topological polar surface area (TPSA) is 30.5 Å². The molecule has 1 heterocycles. The van der Waals surface area contributed by atoms with Crippen molar-refractivity contribution in [2.45, 2.75) is 50.7 Å². The number of ether oxygens (including phenoxy) is 2. The summed E-state index contributed by atoms with van der Waals surface area (Å²) in [4.78, 5) is 0. The number of halogens is 1. The summed E-state index contributed by atoms with van der Waals surface area (Å²) in [6.45, 7) is 3.56. The Morgan fingerprint density at radius 3 is 3.09 bits per heavy atom. The lowest BCUT2D eigenvalue weighted by Gasteiger charge is -2.26. The Morgan fingerprint density at radius 2 is 2.23 bits per heavy atom. The number of hydrogen-bond acceptors (Lipinski definition) is 3. The summed E-state index contributed by atoms with van der Waals surface area (Å²) in [5, 5.41) is 3.68. The van der Waals surface area contributed by atoms with Crippen molar-refractivity contribution >= 4 is 15.9 Å². The summed E-state index contributed by atoms with van der Waals surface area (Å²) in [7, 11) is 0. The van der Waals surface area contributed by atoms with Crippen LogP contribution in [0.3, 0.4) is 0 Å². The summed E-state index contributed by atoms with van der Waals surface area (Å²) in [6, 6.07) is 7.30. The lowest BCUT2D eigenvalue weighted by atomic mass is 9.88. The van der Waals surface area contributed by atoms with Crippen molar-refractivity contribution in [1.29, 1.82) is 0 Å². The van der Waals surface area contributed by atoms with Crippen molar-refractivity contribution in [2.75, 3.05) is 26.4 Å². The smallest absolute Gasteiger partial charge is 0.0809 e. The fourth-order valence-corrected chi connectivity index (χ4v) is 3.78. The van der Waals surface area contributed by atoms with Gasteiger partial charge in [0.15, 0.2) is 0 Å². The molecule has 1 saturated heterocycles. The first-order valence-corrected chi connectivity index (χ1v) is 9.30. The van der Waals surface area contributed by atoms with Crippen molar-refractivity contribution in [3.8, 4) is 0 Å². The largest absolute Gasteiger partial charge is 0.379 e. The Morgan fingerprint density at radius 1 is 1.27 bits per heavy atom. The van der Waals surface area contributed by atoms with E-state index in [4.69, 9.17) is 9.47 Å². The summed E-state index contributed by atoms with van der Waals surface area (Å²) in [5.41, 5.74) is 3.01. The second-order valence-corrected chi connectivity index (χ2v) is 7.29. The zero-order chi connectivity index (χ0) is 15.2. The second kappa shape index (κ2) is 8.44. The monoisotopic (exact) mass is 367 g/mol. The van der Waals surface area contributed by atoms with Crippen LogP contribution in [0.2, 0.25) is 0 Å². The Bertz CT molecular complexity index is 474. The number of hydrogen-bond donors (Lipinski definition) is 1. The highest BCUT2D eigenvalue weighted by Gasteiger charge is 2.18. The molecule has 3 nitrogen and oxygen atoms in total. The van der Waals surface area contributed by atoms with Gasteiger partial charge < -0.3 is 14.8 Å². The van der Waals surface area contributed by atoms with Gasteiger partial charge in [0.25, 0.3) is 0 Å². The predicted octanol–water partition coefficient (Wildman–Crippen LogP) is 3.48. The van der Waals surface area contributed by atoms with Crippen LogP contribution in [0.4, 0.5) is 0 Å². The number of fused-ring (bicyclic) bond motifs is 1. The third-order valence-corrected chi connectivity index (χ3v) is 5.12. The van der Waals surface area contributed by atoms with Gasteiger partial charge in [0.1, 0.15) is 0 Å². The molecule has 1 N–H and O–H groups in total. The quantitative estimate of drug-likeness (QED) is 0.748. The third kappa shape index (κ3) is 4.79. The van der Waals surface area contributed by atoms with Crippen LogP contribution in [-0.4, -0.2) is 38.5 Å². The molecule has 0 radical (unpaired) electrons. The van der Waals surface area contributed by atoms with Gasteiger partial charge in [0.2, 0.25) is 0 Å². The average Bonchev–Trinajstić information content (AvgIpc) is 3.04. The Hall–Kier alpha value is -0.420. The molecule has 4 heteroatoms. The summed E-state index contributed by atoms with van der Waals surface area (Å²) < 4.78 is 12.5. The van der Waals surface area contributed by atoms with Crippen LogP contribution in [0.15, 0.2) is 22.7 Å². The molecular formula is C18H26BrNO2. The van der Waals surface area contributed by atoms with E-state index >= 15 is 0 Å². The van der Waals surface area contributed by atoms with Crippen molar-refractivity contribution < 1.29 is 9.47 Å². The van der Waals surface area contributed by atoms with E-state index in [-0.39, 0.29) is 0 Å². The van der Waals surface area contributed by atoms with E-state index in [0.717, 1.165) is 45.6 Å². The normalized spacial score (nSPS) is 24.4. The van der Waals surface area contributed by atoms with Crippen molar-refractivity contribution in [3.05, 3.63) is 33.8 Å². The number of nitrogens with one attached hydrogen (secondary N) is 1. The molecule has 2 unspecified atom stereocenters. The predicted molar refractivity (Wildman–Crippen MR) is 92.4 cm³/mol. The highest BCUT2D eigenvalue weighted by molar-refractivity contribution is 9.10. The molecule has 2 atom stereocenters. The van der Waals surface area contributed by atoms with E-state index in [1.165, 1.54) is 34.9 Å². The number of aryl methyl sites for hydroxylation is 1. The van der Waals surface area contributed by atoms with Crippen LogP contribution in [0.25, 0.3) is 0 Å². The van der Waals surface area contributed by atoms with Gasteiger partial charge in [-0.05, 0) is 68.3 Å². The molecule has 1 fully saturated rings. The fraction of sp³-hybridized carbons (Fsp3) is 0.667. The Balaban J connectivity index is 1.29. The van der Waals surface area contributed by atoms with Crippen LogP contribution in [-0.2, 0) is 22.3 Å². The molecule has 22 heavy (non-hydrogen) atoms. The zero-order valence-electron chi connectivity index (χ0n) is 13.2. The summed E-state index contributed by atoms with van der Waals surface area (Å²) in [5.74, 6) is 0. The molecule has 1 aliphatic heterocycles. The lowest BCUT2D eigenvalue weighted by molar-refractivity contribution is 0.0165. The second-order valence-electron chi connectivity index (χ2n) is 6.37. The first kappa shape index (κ1) is 16.4. The SMILES string of the molecule is Brc1ccc2c(c1)CCC(NCCCOCC1CCCO1)C2. The maximum absolute atomic E-state index is 5.71. The van der Waals surface area contributed by atoms with Crippen LogP contribution in [0, 0.1) is 0 Å². The molecule has 2 aliphatic rings. The van der Waals surface area contributed by atoms with Gasteiger partial charge in [-0.1, -0.05) is 22.0 Å². The maximum Gasteiger partial charge on any atom is 0.0809 e. The number of benzene rings is 1. The van der Waals surface area contributed by atoms with Gasteiger partial charge in [-0.15, -0.1) is 0 Å². The summed E-state index contributed by atoms with van der Waals surface area (Å²) >= 11 is 3.56. The first-order chi connectivity index (χ1) is 10.8. The van der Waals surface area contributed by atoms with Gasteiger partial charge in [-0.3, -0.25) is 0 Å². The average molecular weight is 368 g/mol. The van der Waals surface area contributed by atoms with E-state index in [1.54, 1.807) is 0 Å². The number of rotatable bonds is 7. The van der Waals surface area contributed by atoms with Crippen molar-refractivity contribution in [3.63, 3.8) is 0 Å². The first-order valence-electron chi connectivity index (χ1n) is 8.51. The van der Waals surface area contributed by atoms with Gasteiger partial charge in [0.05, 0.1) is 12.7 Å².